The Labute approximate surface area is 99.5 Å². The van der Waals surface area contributed by atoms with E-state index in [2.05, 4.69) is 4.98 Å². The van der Waals surface area contributed by atoms with Gasteiger partial charge < -0.3 is 4.98 Å². The predicted octanol–water partition coefficient (Wildman–Crippen LogP) is 2.85. The Morgan fingerprint density at radius 3 is 2.53 bits per heavy atom. The van der Waals surface area contributed by atoms with Crippen LogP contribution in [-0.2, 0) is 0 Å². The van der Waals surface area contributed by atoms with Gasteiger partial charge in [-0.05, 0) is 42.0 Å². The molecule has 1 heterocycles. The predicted molar refractivity (Wildman–Crippen MR) is 68.7 cm³/mol. The summed E-state index contributed by atoms with van der Waals surface area (Å²) in [5.74, 6) is 0.301. The molecule has 1 aromatic carbocycles. The summed E-state index contributed by atoms with van der Waals surface area (Å²) in [6.45, 7) is 5.64. The van der Waals surface area contributed by atoms with Crippen molar-refractivity contribution in [3.05, 3.63) is 45.7 Å². The van der Waals surface area contributed by atoms with E-state index in [1.54, 1.807) is 13.0 Å². The van der Waals surface area contributed by atoms with E-state index < -0.39 is 0 Å². The summed E-state index contributed by atoms with van der Waals surface area (Å²) in [5, 5.41) is 0.904. The molecule has 88 valence electrons. The zero-order chi connectivity index (χ0) is 12.6. The molecule has 3 heteroatoms. The molecule has 0 saturated carbocycles. The first-order chi connectivity index (χ1) is 7.99. The number of aromatic nitrogens is 1. The third-order valence-electron chi connectivity index (χ3n) is 2.89. The van der Waals surface area contributed by atoms with Crippen LogP contribution in [0.25, 0.3) is 10.9 Å². The highest BCUT2D eigenvalue weighted by atomic mass is 16.1. The summed E-state index contributed by atoms with van der Waals surface area (Å²) in [7, 11) is 0. The van der Waals surface area contributed by atoms with Crippen LogP contribution in [-0.4, -0.2) is 10.8 Å². The largest absolute Gasteiger partial charge is 0.322 e. The lowest BCUT2D eigenvalue weighted by Crippen LogP contribution is -2.06. The molecule has 1 N–H and O–H groups in total. The Kier molecular flexibility index (Phi) is 2.84. The SMILES string of the molecule is CC(=O)c1cc(C(C)C)c2[nH]c(=O)ccc2c1. The van der Waals surface area contributed by atoms with E-state index in [0.717, 1.165) is 16.5 Å². The molecule has 0 bridgehead atoms. The number of rotatable bonds is 2. The Hall–Kier alpha value is -1.90. The highest BCUT2D eigenvalue weighted by Gasteiger charge is 2.10. The maximum absolute atomic E-state index is 11.5. The summed E-state index contributed by atoms with van der Waals surface area (Å²) < 4.78 is 0. The van der Waals surface area contributed by atoms with E-state index in [9.17, 15) is 9.59 Å². The van der Waals surface area contributed by atoms with Gasteiger partial charge in [0.25, 0.3) is 0 Å². The van der Waals surface area contributed by atoms with Gasteiger partial charge in [-0.25, -0.2) is 0 Å². The second-order valence-electron chi connectivity index (χ2n) is 4.56. The summed E-state index contributed by atoms with van der Waals surface area (Å²) >= 11 is 0. The fourth-order valence-electron chi connectivity index (χ4n) is 1.95. The molecule has 0 atom stereocenters. The van der Waals surface area contributed by atoms with Crippen LogP contribution in [0.3, 0.4) is 0 Å². The van der Waals surface area contributed by atoms with Crippen molar-refractivity contribution in [2.45, 2.75) is 26.7 Å². The van der Waals surface area contributed by atoms with Crippen LogP contribution in [0, 0.1) is 0 Å². The normalized spacial score (nSPS) is 11.1. The van der Waals surface area contributed by atoms with Crippen molar-refractivity contribution < 1.29 is 4.79 Å². The van der Waals surface area contributed by atoms with E-state index in [4.69, 9.17) is 0 Å². The summed E-state index contributed by atoms with van der Waals surface area (Å²) in [6.07, 6.45) is 0. The molecule has 2 aromatic rings. The number of carbonyl (C=O) groups excluding carboxylic acids is 1. The highest BCUT2D eigenvalue weighted by molar-refractivity contribution is 5.98. The minimum atomic E-state index is -0.116. The number of H-pyrrole nitrogens is 1. The van der Waals surface area contributed by atoms with Crippen molar-refractivity contribution in [2.75, 3.05) is 0 Å². The molecular formula is C14H15NO2. The number of Topliss-reactive ketones (excluding diaryl/α,β-unsaturated/α-hetero) is 1. The first kappa shape index (κ1) is 11.6. The molecule has 1 aromatic heterocycles. The molecule has 2 rings (SSSR count). The monoisotopic (exact) mass is 229 g/mol. The van der Waals surface area contributed by atoms with E-state index in [1.807, 2.05) is 26.0 Å². The lowest BCUT2D eigenvalue weighted by Gasteiger charge is -2.11. The maximum atomic E-state index is 11.5. The number of carbonyl (C=O) groups is 1. The van der Waals surface area contributed by atoms with Gasteiger partial charge >= 0.3 is 0 Å². The second kappa shape index (κ2) is 4.17. The summed E-state index contributed by atoms with van der Waals surface area (Å²) in [4.78, 5) is 25.7. The number of hydrogen-bond acceptors (Lipinski definition) is 2. The van der Waals surface area contributed by atoms with Crippen molar-refractivity contribution in [2.24, 2.45) is 0 Å². The third-order valence-corrected chi connectivity index (χ3v) is 2.89. The van der Waals surface area contributed by atoms with Crippen LogP contribution in [0.5, 0.6) is 0 Å². The van der Waals surface area contributed by atoms with Gasteiger partial charge in [0.15, 0.2) is 5.78 Å². The van der Waals surface area contributed by atoms with Gasteiger partial charge in [0.2, 0.25) is 5.56 Å². The van der Waals surface area contributed by atoms with Gasteiger partial charge in [-0.1, -0.05) is 13.8 Å². The Balaban J connectivity index is 2.85. The fraction of sp³-hybridized carbons (Fsp3) is 0.286. The second-order valence-corrected chi connectivity index (χ2v) is 4.56. The number of pyridine rings is 1. The van der Waals surface area contributed by atoms with Gasteiger partial charge in [0.05, 0.1) is 5.52 Å². The molecule has 0 radical (unpaired) electrons. The third kappa shape index (κ3) is 2.13. The van der Waals surface area contributed by atoms with Crippen LogP contribution < -0.4 is 5.56 Å². The van der Waals surface area contributed by atoms with Gasteiger partial charge in [0, 0.05) is 11.6 Å². The molecule has 0 aliphatic heterocycles. The number of nitrogens with one attached hydrogen (secondary N) is 1. The van der Waals surface area contributed by atoms with E-state index >= 15 is 0 Å². The molecular weight excluding hydrogens is 214 g/mol. The molecule has 0 aliphatic carbocycles. The first-order valence-corrected chi connectivity index (χ1v) is 5.67. The van der Waals surface area contributed by atoms with Gasteiger partial charge in [-0.2, -0.15) is 0 Å². The van der Waals surface area contributed by atoms with Crippen LogP contribution in [0.2, 0.25) is 0 Å². The molecule has 0 aliphatic rings. The van der Waals surface area contributed by atoms with E-state index in [1.165, 1.54) is 6.07 Å². The molecule has 0 spiro atoms. The number of ketones is 1. The average Bonchev–Trinajstić information content (AvgIpc) is 2.27. The Morgan fingerprint density at radius 1 is 1.24 bits per heavy atom. The number of fused-ring (bicyclic) bond motifs is 1. The van der Waals surface area contributed by atoms with Crippen molar-refractivity contribution in [1.82, 2.24) is 4.98 Å². The number of aromatic amines is 1. The smallest absolute Gasteiger partial charge is 0.248 e. The molecule has 0 fully saturated rings. The van der Waals surface area contributed by atoms with Gasteiger partial charge in [-0.15, -0.1) is 0 Å². The maximum Gasteiger partial charge on any atom is 0.248 e. The zero-order valence-corrected chi connectivity index (χ0v) is 10.2. The summed E-state index contributed by atoms with van der Waals surface area (Å²) in [6, 6.07) is 6.92. The van der Waals surface area contributed by atoms with Crippen LogP contribution in [0.15, 0.2) is 29.1 Å². The Morgan fingerprint density at radius 2 is 1.94 bits per heavy atom. The van der Waals surface area contributed by atoms with Crippen molar-refractivity contribution in [3.63, 3.8) is 0 Å². The van der Waals surface area contributed by atoms with Gasteiger partial charge in [0.1, 0.15) is 0 Å². The lowest BCUT2D eigenvalue weighted by molar-refractivity contribution is 0.101. The summed E-state index contributed by atoms with van der Waals surface area (Å²) in [5.41, 5.74) is 2.41. The molecule has 3 nitrogen and oxygen atoms in total. The Bertz CT molecular complexity index is 638. The van der Waals surface area contributed by atoms with Crippen molar-refractivity contribution in [1.29, 1.82) is 0 Å². The quantitative estimate of drug-likeness (QED) is 0.805. The zero-order valence-electron chi connectivity index (χ0n) is 10.2. The molecule has 0 amide bonds. The standard InChI is InChI=1S/C14H15NO2/c1-8(2)12-7-11(9(3)16)6-10-4-5-13(17)15-14(10)12/h4-8H,1-3H3,(H,15,17). The minimum Gasteiger partial charge on any atom is -0.322 e. The van der Waals surface area contributed by atoms with E-state index in [-0.39, 0.29) is 17.3 Å². The molecule has 17 heavy (non-hydrogen) atoms. The molecule has 0 saturated heterocycles. The number of hydrogen-bond donors (Lipinski definition) is 1. The average molecular weight is 229 g/mol. The van der Waals surface area contributed by atoms with Crippen LogP contribution in [0.4, 0.5) is 0 Å². The minimum absolute atomic E-state index is 0.0417. The van der Waals surface area contributed by atoms with Crippen LogP contribution in [0.1, 0.15) is 42.6 Å². The van der Waals surface area contributed by atoms with Crippen LogP contribution >= 0.6 is 0 Å². The fourth-order valence-corrected chi connectivity index (χ4v) is 1.95. The highest BCUT2D eigenvalue weighted by Crippen LogP contribution is 2.25. The van der Waals surface area contributed by atoms with Crippen molar-refractivity contribution >= 4 is 16.7 Å². The topological polar surface area (TPSA) is 49.9 Å². The lowest BCUT2D eigenvalue weighted by atomic mass is 9.96. The van der Waals surface area contributed by atoms with Gasteiger partial charge in [-0.3, -0.25) is 9.59 Å². The van der Waals surface area contributed by atoms with Crippen molar-refractivity contribution in [3.8, 4) is 0 Å². The molecule has 0 unspecified atom stereocenters. The van der Waals surface area contributed by atoms with E-state index in [0.29, 0.717) is 5.56 Å². The number of benzene rings is 1. The first-order valence-electron chi connectivity index (χ1n) is 5.67.